The van der Waals surface area contributed by atoms with Gasteiger partial charge >= 0.3 is 5.69 Å². The minimum Gasteiger partial charge on any atom is -0.377 e. The maximum absolute atomic E-state index is 13.0. The summed E-state index contributed by atoms with van der Waals surface area (Å²) in [6.45, 7) is 7.91. The highest BCUT2D eigenvalue weighted by Gasteiger charge is 2.32. The normalized spacial score (nSPS) is 26.8. The number of rotatable bonds is 10. The van der Waals surface area contributed by atoms with Gasteiger partial charge in [0.05, 0.1) is 23.7 Å². The number of piperazine rings is 1. The van der Waals surface area contributed by atoms with E-state index in [0.717, 1.165) is 81.2 Å². The number of fused-ring (bicyclic) bond motifs is 1. The second-order valence-electron chi connectivity index (χ2n) is 12.7. The second kappa shape index (κ2) is 12.8. The monoisotopic (exact) mass is 566 g/mol. The van der Waals surface area contributed by atoms with Gasteiger partial charge in [0.2, 0.25) is 11.8 Å². The lowest BCUT2D eigenvalue weighted by atomic mass is 9.86. The van der Waals surface area contributed by atoms with E-state index in [2.05, 4.69) is 32.6 Å². The van der Waals surface area contributed by atoms with E-state index >= 15 is 0 Å². The SMILES string of the molecule is Cn1c(=O)n(C2CCC(=O)NC2=O)c2ccc(CN3CCN(CCO[C@H]4C[C@H](NCC5CCCCC5)C4)CC3)cc21. The summed E-state index contributed by atoms with van der Waals surface area (Å²) >= 11 is 0. The summed E-state index contributed by atoms with van der Waals surface area (Å²) in [4.78, 5) is 42.0. The number of nitrogens with one attached hydrogen (secondary N) is 2. The van der Waals surface area contributed by atoms with Gasteiger partial charge in [-0.25, -0.2) is 4.79 Å². The van der Waals surface area contributed by atoms with Gasteiger partial charge in [0.1, 0.15) is 6.04 Å². The fraction of sp³-hybridized carbons (Fsp3) is 0.710. The minimum absolute atomic E-state index is 0.226. The van der Waals surface area contributed by atoms with E-state index in [1.807, 2.05) is 6.07 Å². The molecule has 10 nitrogen and oxygen atoms in total. The number of piperidine rings is 1. The van der Waals surface area contributed by atoms with Crippen molar-refractivity contribution in [2.75, 3.05) is 45.9 Å². The van der Waals surface area contributed by atoms with Gasteiger partial charge in [0.15, 0.2) is 0 Å². The Balaban J connectivity index is 0.924. The van der Waals surface area contributed by atoms with Crippen LogP contribution in [0.4, 0.5) is 0 Å². The zero-order valence-electron chi connectivity index (χ0n) is 24.5. The molecule has 2 aliphatic heterocycles. The number of ether oxygens (including phenoxy) is 1. The molecule has 2 saturated carbocycles. The molecule has 0 spiro atoms. The van der Waals surface area contributed by atoms with E-state index in [1.165, 1.54) is 38.6 Å². The maximum Gasteiger partial charge on any atom is 0.329 e. The highest BCUT2D eigenvalue weighted by molar-refractivity contribution is 6.00. The van der Waals surface area contributed by atoms with Gasteiger partial charge in [-0.15, -0.1) is 0 Å². The number of amides is 2. The first-order valence-electron chi connectivity index (χ1n) is 15.8. The van der Waals surface area contributed by atoms with Gasteiger partial charge < -0.3 is 10.1 Å². The molecule has 2 N–H and O–H groups in total. The van der Waals surface area contributed by atoms with Crippen molar-refractivity contribution in [3.05, 3.63) is 34.2 Å². The van der Waals surface area contributed by atoms with Crippen molar-refractivity contribution in [3.63, 3.8) is 0 Å². The Morgan fingerprint density at radius 2 is 1.71 bits per heavy atom. The summed E-state index contributed by atoms with van der Waals surface area (Å²) in [5.74, 6) is 0.215. The van der Waals surface area contributed by atoms with E-state index in [4.69, 9.17) is 4.74 Å². The average Bonchev–Trinajstić information content (AvgIpc) is 3.20. The fourth-order valence-corrected chi connectivity index (χ4v) is 7.11. The molecular weight excluding hydrogens is 520 g/mol. The van der Waals surface area contributed by atoms with Crippen LogP contribution in [0.3, 0.4) is 0 Å². The largest absolute Gasteiger partial charge is 0.377 e. The fourth-order valence-electron chi connectivity index (χ4n) is 7.11. The third-order valence-corrected chi connectivity index (χ3v) is 9.82. The van der Waals surface area contributed by atoms with Crippen molar-refractivity contribution >= 4 is 22.8 Å². The molecular formula is C31H46N6O4. The quantitative estimate of drug-likeness (QED) is 0.425. The van der Waals surface area contributed by atoms with E-state index in [0.29, 0.717) is 18.6 Å². The zero-order valence-corrected chi connectivity index (χ0v) is 24.5. The van der Waals surface area contributed by atoms with Gasteiger partial charge in [-0.3, -0.25) is 33.8 Å². The third kappa shape index (κ3) is 6.61. The van der Waals surface area contributed by atoms with Gasteiger partial charge in [-0.2, -0.15) is 0 Å². The van der Waals surface area contributed by atoms with E-state index in [9.17, 15) is 14.4 Å². The van der Waals surface area contributed by atoms with Crippen LogP contribution in [0, 0.1) is 5.92 Å². The van der Waals surface area contributed by atoms with Crippen molar-refractivity contribution in [2.24, 2.45) is 13.0 Å². The number of carbonyl (C=O) groups is 2. The average molecular weight is 567 g/mol. The van der Waals surface area contributed by atoms with Crippen molar-refractivity contribution in [1.29, 1.82) is 0 Å². The Hall–Kier alpha value is -2.53. The first kappa shape index (κ1) is 28.6. The Bertz CT molecular complexity index is 1280. The third-order valence-electron chi connectivity index (χ3n) is 9.82. The molecule has 0 bridgehead atoms. The molecule has 2 amide bonds. The predicted molar refractivity (Wildman–Crippen MR) is 158 cm³/mol. The van der Waals surface area contributed by atoms with Gasteiger partial charge in [-0.1, -0.05) is 25.3 Å². The number of nitrogens with zero attached hydrogens (tertiary/aromatic N) is 4. The van der Waals surface area contributed by atoms with Crippen LogP contribution in [0.15, 0.2) is 23.0 Å². The van der Waals surface area contributed by atoms with Gasteiger partial charge in [0, 0.05) is 58.8 Å². The number of carbonyl (C=O) groups excluding carboxylic acids is 2. The molecule has 2 aromatic rings. The molecule has 6 rings (SSSR count). The Labute approximate surface area is 242 Å². The topological polar surface area (TPSA) is 101 Å². The minimum atomic E-state index is -0.652. The van der Waals surface area contributed by atoms with Crippen LogP contribution in [0.25, 0.3) is 11.0 Å². The van der Waals surface area contributed by atoms with Gasteiger partial charge in [-0.05, 0) is 62.3 Å². The number of imidazole rings is 1. The second-order valence-corrected chi connectivity index (χ2v) is 12.7. The number of hydrogen-bond acceptors (Lipinski definition) is 7. The smallest absolute Gasteiger partial charge is 0.329 e. The lowest BCUT2D eigenvalue weighted by Gasteiger charge is -2.38. The molecule has 1 aromatic carbocycles. The van der Waals surface area contributed by atoms with Crippen LogP contribution in [0.5, 0.6) is 0 Å². The number of benzene rings is 1. The summed E-state index contributed by atoms with van der Waals surface area (Å²) < 4.78 is 9.33. The highest BCUT2D eigenvalue weighted by atomic mass is 16.5. The first-order chi connectivity index (χ1) is 19.9. The molecule has 3 heterocycles. The first-order valence-corrected chi connectivity index (χ1v) is 15.8. The zero-order chi connectivity index (χ0) is 28.3. The van der Waals surface area contributed by atoms with E-state index < -0.39 is 11.9 Å². The molecule has 2 saturated heterocycles. The molecule has 41 heavy (non-hydrogen) atoms. The molecule has 1 aromatic heterocycles. The number of hydrogen-bond donors (Lipinski definition) is 2. The van der Waals surface area contributed by atoms with E-state index in [1.54, 1.807) is 16.2 Å². The van der Waals surface area contributed by atoms with Crippen LogP contribution < -0.4 is 16.3 Å². The number of aryl methyl sites for hydroxylation is 1. The van der Waals surface area contributed by atoms with Crippen molar-refractivity contribution in [2.45, 2.75) is 82.5 Å². The van der Waals surface area contributed by atoms with Crippen LogP contribution in [-0.2, 0) is 27.9 Å². The Morgan fingerprint density at radius 1 is 0.951 bits per heavy atom. The van der Waals surface area contributed by atoms with Crippen LogP contribution in [0.1, 0.15) is 69.4 Å². The van der Waals surface area contributed by atoms with Crippen LogP contribution in [-0.4, -0.2) is 88.8 Å². The lowest BCUT2D eigenvalue weighted by molar-refractivity contribution is -0.135. The summed E-state index contributed by atoms with van der Waals surface area (Å²) in [7, 11) is 1.75. The van der Waals surface area contributed by atoms with Crippen molar-refractivity contribution in [1.82, 2.24) is 29.6 Å². The molecule has 224 valence electrons. The molecule has 10 heteroatoms. The summed E-state index contributed by atoms with van der Waals surface area (Å²) in [5.41, 5.74) is 2.48. The molecule has 1 atom stereocenters. The Morgan fingerprint density at radius 3 is 2.46 bits per heavy atom. The van der Waals surface area contributed by atoms with Crippen LogP contribution in [0.2, 0.25) is 0 Å². The van der Waals surface area contributed by atoms with Gasteiger partial charge in [0.25, 0.3) is 0 Å². The summed E-state index contributed by atoms with van der Waals surface area (Å²) in [5, 5.41) is 6.15. The highest BCUT2D eigenvalue weighted by Crippen LogP contribution is 2.27. The predicted octanol–water partition coefficient (Wildman–Crippen LogP) is 2.15. The van der Waals surface area contributed by atoms with Crippen LogP contribution >= 0.6 is 0 Å². The standard InChI is InChI=1S/C31H46N6O4/c1-34-28-17-23(7-8-26(28)37(31(34)40)27-9-10-29(38)33-30(27)39)21-36-13-11-35(12-14-36)15-16-41-25-18-24(19-25)32-20-22-5-3-2-4-6-22/h7-8,17,22,24-25,27,32H,2-6,9-16,18-21H2,1H3,(H,33,38,39)/t24-,25-,27?. The number of imide groups is 1. The number of aromatic nitrogens is 2. The molecule has 4 fully saturated rings. The van der Waals surface area contributed by atoms with E-state index in [-0.39, 0.29) is 18.0 Å². The van der Waals surface area contributed by atoms with Crippen molar-refractivity contribution in [3.8, 4) is 0 Å². The lowest BCUT2D eigenvalue weighted by Crippen LogP contribution is -2.49. The van der Waals surface area contributed by atoms with Crippen molar-refractivity contribution < 1.29 is 14.3 Å². The molecule has 0 radical (unpaired) electrons. The maximum atomic E-state index is 13.0. The molecule has 1 unspecified atom stereocenters. The Kier molecular flexibility index (Phi) is 8.90. The molecule has 2 aliphatic carbocycles. The summed E-state index contributed by atoms with van der Waals surface area (Å²) in [6.07, 6.45) is 10.4. The molecule has 4 aliphatic rings. The summed E-state index contributed by atoms with van der Waals surface area (Å²) in [6, 6.07) is 6.07.